The number of halogens is 1. The van der Waals surface area contributed by atoms with Crippen molar-refractivity contribution in [3.63, 3.8) is 0 Å². The van der Waals surface area contributed by atoms with Crippen molar-refractivity contribution < 1.29 is 4.79 Å². The van der Waals surface area contributed by atoms with Crippen molar-refractivity contribution >= 4 is 26.4 Å². The van der Waals surface area contributed by atoms with E-state index >= 15 is 0 Å². The molecular formula is C6H12INO. The summed E-state index contributed by atoms with van der Waals surface area (Å²) < 4.78 is 0.0574. The second-order valence-corrected chi connectivity index (χ2v) is 3.28. The molecule has 0 aromatic rings. The maximum Gasteiger partial charge on any atom is 0.209 e. The van der Waals surface area contributed by atoms with Gasteiger partial charge in [0.25, 0.3) is 0 Å². The van der Waals surface area contributed by atoms with Crippen molar-refractivity contribution in [1.29, 1.82) is 0 Å². The number of carbonyl (C=O) groups is 1. The number of nitrogens with two attached hydrogens (primary N) is 1. The van der Waals surface area contributed by atoms with Gasteiger partial charge in [0.2, 0.25) is 3.79 Å². The first-order chi connectivity index (χ1) is 4.09. The van der Waals surface area contributed by atoms with Crippen LogP contribution in [-0.4, -0.2) is 9.83 Å². The van der Waals surface area contributed by atoms with E-state index in [4.69, 9.17) is 5.73 Å². The molecule has 0 bridgehead atoms. The van der Waals surface area contributed by atoms with Gasteiger partial charge in [-0.15, -0.1) is 0 Å². The molecule has 1 unspecified atom stereocenters. The first-order valence-corrected chi connectivity index (χ1v) is 4.12. The van der Waals surface area contributed by atoms with Gasteiger partial charge in [-0.1, -0.05) is 20.3 Å². The van der Waals surface area contributed by atoms with E-state index in [9.17, 15) is 4.79 Å². The Morgan fingerprint density at radius 1 is 1.78 bits per heavy atom. The van der Waals surface area contributed by atoms with Crippen molar-refractivity contribution in [2.75, 3.05) is 0 Å². The molecule has 54 valence electrons. The molecule has 2 nitrogen and oxygen atoms in total. The quantitative estimate of drug-likeness (QED) is 0.598. The SMILES string of the molecule is CC[C@H](C)C(N)C(=O)I. The lowest BCUT2D eigenvalue weighted by molar-refractivity contribution is -0.111. The van der Waals surface area contributed by atoms with Gasteiger partial charge in [0.15, 0.2) is 0 Å². The van der Waals surface area contributed by atoms with Crippen LogP contribution in [0.5, 0.6) is 0 Å². The summed E-state index contributed by atoms with van der Waals surface area (Å²) in [4.78, 5) is 10.6. The maximum atomic E-state index is 10.6. The van der Waals surface area contributed by atoms with Gasteiger partial charge in [0.1, 0.15) is 0 Å². The van der Waals surface area contributed by atoms with E-state index in [1.165, 1.54) is 0 Å². The molecule has 0 saturated heterocycles. The van der Waals surface area contributed by atoms with Gasteiger partial charge in [-0.25, -0.2) is 0 Å². The predicted molar refractivity (Wildman–Crippen MR) is 46.5 cm³/mol. The van der Waals surface area contributed by atoms with E-state index in [-0.39, 0.29) is 9.83 Å². The number of hydrogen-bond donors (Lipinski definition) is 1. The maximum absolute atomic E-state index is 10.6. The highest BCUT2D eigenvalue weighted by Crippen LogP contribution is 2.08. The van der Waals surface area contributed by atoms with Crippen molar-refractivity contribution in [3.05, 3.63) is 0 Å². The zero-order valence-electron chi connectivity index (χ0n) is 5.73. The van der Waals surface area contributed by atoms with Crippen LogP contribution >= 0.6 is 22.6 Å². The third-order valence-electron chi connectivity index (χ3n) is 1.52. The van der Waals surface area contributed by atoms with Gasteiger partial charge in [0.05, 0.1) is 6.04 Å². The Labute approximate surface area is 69.3 Å². The van der Waals surface area contributed by atoms with E-state index in [2.05, 4.69) is 0 Å². The van der Waals surface area contributed by atoms with Gasteiger partial charge in [-0.2, -0.15) is 0 Å². The molecule has 0 aliphatic heterocycles. The summed E-state index contributed by atoms with van der Waals surface area (Å²) in [5.41, 5.74) is 5.51. The average Bonchev–Trinajstić information content (AvgIpc) is 1.84. The second-order valence-electron chi connectivity index (χ2n) is 2.22. The van der Waals surface area contributed by atoms with Crippen molar-refractivity contribution in [3.8, 4) is 0 Å². The third-order valence-corrected chi connectivity index (χ3v) is 2.24. The van der Waals surface area contributed by atoms with Crippen LogP contribution in [0.3, 0.4) is 0 Å². The molecule has 0 aromatic heterocycles. The lowest BCUT2D eigenvalue weighted by Crippen LogP contribution is -2.33. The Morgan fingerprint density at radius 3 is 2.33 bits per heavy atom. The van der Waals surface area contributed by atoms with Crippen LogP contribution in [0.2, 0.25) is 0 Å². The molecule has 0 amide bonds. The Bertz CT molecular complexity index is 105. The highest BCUT2D eigenvalue weighted by Gasteiger charge is 2.15. The highest BCUT2D eigenvalue weighted by molar-refractivity contribution is 14.1. The van der Waals surface area contributed by atoms with Crippen LogP contribution in [0, 0.1) is 5.92 Å². The van der Waals surface area contributed by atoms with Crippen LogP contribution in [0.25, 0.3) is 0 Å². The number of hydrogen-bond acceptors (Lipinski definition) is 2. The minimum Gasteiger partial charge on any atom is -0.321 e. The van der Waals surface area contributed by atoms with E-state index in [1.54, 1.807) is 22.6 Å². The molecule has 0 aliphatic rings. The second kappa shape index (κ2) is 4.22. The normalized spacial score (nSPS) is 16.9. The van der Waals surface area contributed by atoms with E-state index in [0.29, 0.717) is 5.92 Å². The first kappa shape index (κ1) is 9.36. The van der Waals surface area contributed by atoms with Gasteiger partial charge < -0.3 is 5.73 Å². The summed E-state index contributed by atoms with van der Waals surface area (Å²) in [6.07, 6.45) is 0.968. The molecule has 0 saturated carbocycles. The Kier molecular flexibility index (Phi) is 4.39. The fourth-order valence-electron chi connectivity index (χ4n) is 0.478. The Morgan fingerprint density at radius 2 is 2.22 bits per heavy atom. The lowest BCUT2D eigenvalue weighted by Gasteiger charge is -2.12. The Balaban J connectivity index is 3.72. The van der Waals surface area contributed by atoms with Crippen molar-refractivity contribution in [1.82, 2.24) is 0 Å². The molecule has 2 N–H and O–H groups in total. The molecule has 0 aromatic carbocycles. The van der Waals surface area contributed by atoms with Crippen molar-refractivity contribution in [2.45, 2.75) is 26.3 Å². The monoisotopic (exact) mass is 241 g/mol. The molecule has 0 aliphatic carbocycles. The van der Waals surface area contributed by atoms with Crippen LogP contribution in [0.1, 0.15) is 20.3 Å². The molecular weight excluding hydrogens is 229 g/mol. The fourth-order valence-corrected chi connectivity index (χ4v) is 1.09. The van der Waals surface area contributed by atoms with E-state index in [1.807, 2.05) is 13.8 Å². The zero-order valence-corrected chi connectivity index (χ0v) is 7.88. The smallest absolute Gasteiger partial charge is 0.209 e. The molecule has 3 heteroatoms. The predicted octanol–water partition coefficient (Wildman–Crippen LogP) is 1.32. The number of carbonyl (C=O) groups excluding carboxylic acids is 1. The topological polar surface area (TPSA) is 43.1 Å². The van der Waals surface area contributed by atoms with Gasteiger partial charge in [-0.3, -0.25) is 4.79 Å². The standard InChI is InChI=1S/C6H12INO/c1-3-4(2)5(8)6(7)9/h4-5H,3,8H2,1-2H3/t4-,5?/m0/s1. The lowest BCUT2D eigenvalue weighted by atomic mass is 10.0. The molecule has 0 rings (SSSR count). The van der Waals surface area contributed by atoms with Crippen LogP contribution < -0.4 is 5.73 Å². The highest BCUT2D eigenvalue weighted by atomic mass is 127. The van der Waals surface area contributed by atoms with Crippen molar-refractivity contribution in [2.24, 2.45) is 11.7 Å². The number of rotatable bonds is 3. The Hall–Kier alpha value is 0.360. The first-order valence-electron chi connectivity index (χ1n) is 3.04. The summed E-state index contributed by atoms with van der Waals surface area (Å²) in [7, 11) is 0. The molecule has 0 heterocycles. The summed E-state index contributed by atoms with van der Waals surface area (Å²) in [6.45, 7) is 4.02. The zero-order chi connectivity index (χ0) is 7.44. The average molecular weight is 241 g/mol. The van der Waals surface area contributed by atoms with Gasteiger partial charge in [0, 0.05) is 22.6 Å². The van der Waals surface area contributed by atoms with Gasteiger partial charge >= 0.3 is 0 Å². The summed E-state index contributed by atoms with van der Waals surface area (Å²) in [5, 5.41) is 0. The fraction of sp³-hybridized carbons (Fsp3) is 0.833. The largest absolute Gasteiger partial charge is 0.321 e. The molecule has 0 fully saturated rings. The molecule has 9 heavy (non-hydrogen) atoms. The van der Waals surface area contributed by atoms with Gasteiger partial charge in [-0.05, 0) is 5.92 Å². The summed E-state index contributed by atoms with van der Waals surface area (Å²) in [5.74, 6) is 0.314. The van der Waals surface area contributed by atoms with Crippen LogP contribution in [-0.2, 0) is 4.79 Å². The van der Waals surface area contributed by atoms with E-state index in [0.717, 1.165) is 6.42 Å². The van der Waals surface area contributed by atoms with Crippen LogP contribution in [0.15, 0.2) is 0 Å². The molecule has 0 radical (unpaired) electrons. The minimum absolute atomic E-state index is 0.0574. The summed E-state index contributed by atoms with van der Waals surface area (Å²) in [6, 6.07) is -0.268. The third kappa shape index (κ3) is 3.15. The van der Waals surface area contributed by atoms with Crippen LogP contribution in [0.4, 0.5) is 0 Å². The molecule has 2 atom stereocenters. The van der Waals surface area contributed by atoms with E-state index < -0.39 is 0 Å². The molecule has 0 spiro atoms. The minimum atomic E-state index is -0.268. The summed E-state index contributed by atoms with van der Waals surface area (Å²) >= 11 is 1.74.